The smallest absolute Gasteiger partial charge is 0.380 e. The molecule has 1 aromatic carbocycles. The van der Waals surface area contributed by atoms with Crippen LogP contribution in [-0.2, 0) is 17.5 Å². The van der Waals surface area contributed by atoms with E-state index in [0.29, 0.717) is 0 Å². The van der Waals surface area contributed by atoms with Gasteiger partial charge in [-0.05, 0) is 24.1 Å². The lowest BCUT2D eigenvalue weighted by Crippen LogP contribution is -2.62. The number of fused-ring (bicyclic) bond motifs is 1. The first-order valence-electron chi connectivity index (χ1n) is 9.33. The van der Waals surface area contributed by atoms with E-state index in [1.807, 2.05) is 0 Å². The molecule has 1 fully saturated rings. The van der Waals surface area contributed by atoms with Crippen LogP contribution < -0.4 is 10.9 Å². The number of hydrogen-bond donors (Lipinski definition) is 2. The topological polar surface area (TPSA) is 84.2 Å². The highest BCUT2D eigenvalue weighted by Crippen LogP contribution is 2.45. The lowest BCUT2D eigenvalue weighted by Gasteiger charge is -2.44. The highest BCUT2D eigenvalue weighted by molar-refractivity contribution is 5.85. The second kappa shape index (κ2) is 7.50. The number of rotatable bonds is 4. The normalized spacial score (nSPS) is 21.9. The van der Waals surface area contributed by atoms with Crippen LogP contribution in [-0.4, -0.2) is 38.6 Å². The van der Waals surface area contributed by atoms with Gasteiger partial charge in [0.15, 0.2) is 5.60 Å². The van der Waals surface area contributed by atoms with Crippen LogP contribution >= 0.6 is 0 Å². The predicted molar refractivity (Wildman–Crippen MR) is 97.3 cm³/mol. The van der Waals surface area contributed by atoms with Gasteiger partial charge in [-0.3, -0.25) is 9.59 Å². The second-order valence-corrected chi connectivity index (χ2v) is 7.96. The number of nitrogens with one attached hydrogen (secondary N) is 1. The van der Waals surface area contributed by atoms with Crippen molar-refractivity contribution in [1.82, 2.24) is 15.1 Å². The van der Waals surface area contributed by atoms with Gasteiger partial charge in [0, 0.05) is 24.3 Å². The predicted octanol–water partition coefficient (Wildman–Crippen LogP) is 3.11. The van der Waals surface area contributed by atoms with Gasteiger partial charge in [-0.15, -0.1) is 0 Å². The van der Waals surface area contributed by atoms with Crippen molar-refractivity contribution in [3.05, 3.63) is 39.8 Å². The molecule has 0 aliphatic heterocycles. The van der Waals surface area contributed by atoms with Gasteiger partial charge in [0.2, 0.25) is 5.91 Å². The Balaban J connectivity index is 1.85. The van der Waals surface area contributed by atoms with E-state index in [1.165, 1.54) is 0 Å². The van der Waals surface area contributed by atoms with Crippen molar-refractivity contribution in [3.8, 4) is 0 Å². The molecule has 1 amide bonds. The number of aromatic nitrogens is 2. The molecule has 1 aromatic heterocycles. The molecule has 3 rings (SSSR count). The van der Waals surface area contributed by atoms with Crippen molar-refractivity contribution in [2.24, 2.45) is 0 Å². The lowest BCUT2D eigenvalue weighted by atomic mass is 9.75. The molecular weight excluding hydrogens is 432 g/mol. The Labute approximate surface area is 171 Å². The third-order valence-corrected chi connectivity index (χ3v) is 5.22. The number of benzene rings is 1. The van der Waals surface area contributed by atoms with Gasteiger partial charge in [-0.25, -0.2) is 4.68 Å². The van der Waals surface area contributed by atoms with Gasteiger partial charge in [0.1, 0.15) is 6.54 Å². The van der Waals surface area contributed by atoms with Crippen LogP contribution in [0.15, 0.2) is 23.0 Å². The Morgan fingerprint density at radius 3 is 2.35 bits per heavy atom. The first-order chi connectivity index (χ1) is 14.1. The SMILES string of the molecule is CC(C)c1nn(CC(=O)N[C@H]2C[C@](O)(C(F)(F)F)C2)c(=O)c2ccc(C(F)(F)F)cc12. The maximum atomic E-state index is 13.0. The molecule has 0 radical (unpaired) electrons. The molecule has 1 aliphatic rings. The summed E-state index contributed by atoms with van der Waals surface area (Å²) < 4.78 is 77.9. The van der Waals surface area contributed by atoms with Gasteiger partial charge >= 0.3 is 12.4 Å². The zero-order chi connectivity index (χ0) is 23.4. The Kier molecular flexibility index (Phi) is 5.58. The van der Waals surface area contributed by atoms with Crippen LogP contribution in [0.2, 0.25) is 0 Å². The van der Waals surface area contributed by atoms with Crippen LogP contribution in [0.4, 0.5) is 26.3 Å². The molecule has 31 heavy (non-hydrogen) atoms. The van der Waals surface area contributed by atoms with Gasteiger partial charge < -0.3 is 10.4 Å². The largest absolute Gasteiger partial charge is 0.417 e. The second-order valence-electron chi connectivity index (χ2n) is 7.96. The number of nitrogens with zero attached hydrogens (tertiary/aromatic N) is 2. The molecule has 1 aliphatic carbocycles. The fraction of sp³-hybridized carbons (Fsp3) is 0.526. The zero-order valence-corrected chi connectivity index (χ0v) is 16.4. The molecule has 170 valence electrons. The summed E-state index contributed by atoms with van der Waals surface area (Å²) in [5, 5.41) is 15.7. The van der Waals surface area contributed by atoms with E-state index in [9.17, 15) is 41.0 Å². The van der Waals surface area contributed by atoms with E-state index in [4.69, 9.17) is 0 Å². The van der Waals surface area contributed by atoms with Crippen LogP contribution in [0.5, 0.6) is 0 Å². The summed E-state index contributed by atoms with van der Waals surface area (Å²) in [6.45, 7) is 2.68. The van der Waals surface area contributed by atoms with Gasteiger partial charge in [-0.1, -0.05) is 13.8 Å². The quantitative estimate of drug-likeness (QED) is 0.700. The van der Waals surface area contributed by atoms with Gasteiger partial charge in [0.25, 0.3) is 5.56 Å². The molecule has 12 heteroatoms. The molecule has 0 unspecified atom stereocenters. The zero-order valence-electron chi connectivity index (χ0n) is 16.4. The Morgan fingerprint density at radius 2 is 1.84 bits per heavy atom. The third-order valence-electron chi connectivity index (χ3n) is 5.22. The Morgan fingerprint density at radius 1 is 1.23 bits per heavy atom. The summed E-state index contributed by atoms with van der Waals surface area (Å²) in [7, 11) is 0. The Hall–Kier alpha value is -2.63. The minimum absolute atomic E-state index is 0.0146. The summed E-state index contributed by atoms with van der Waals surface area (Å²) >= 11 is 0. The van der Waals surface area contributed by atoms with E-state index in [1.54, 1.807) is 13.8 Å². The molecule has 0 spiro atoms. The van der Waals surface area contributed by atoms with Crippen LogP contribution in [0.1, 0.15) is 43.9 Å². The number of carbonyl (C=O) groups excluding carboxylic acids is 1. The summed E-state index contributed by atoms with van der Waals surface area (Å²) in [6, 6.07) is 1.67. The molecule has 0 atom stereocenters. The summed E-state index contributed by atoms with van der Waals surface area (Å²) in [6.07, 6.45) is -10.8. The average Bonchev–Trinajstić information content (AvgIpc) is 2.60. The van der Waals surface area contributed by atoms with Crippen LogP contribution in [0.3, 0.4) is 0 Å². The minimum atomic E-state index is -4.81. The fourth-order valence-electron chi connectivity index (χ4n) is 3.52. The summed E-state index contributed by atoms with van der Waals surface area (Å²) in [5.74, 6) is -1.18. The summed E-state index contributed by atoms with van der Waals surface area (Å²) in [4.78, 5) is 24.9. The van der Waals surface area contributed by atoms with Crippen molar-refractivity contribution in [3.63, 3.8) is 0 Å². The molecule has 0 bridgehead atoms. The van der Waals surface area contributed by atoms with Gasteiger partial charge in [0.05, 0.1) is 16.6 Å². The number of amides is 1. The van der Waals surface area contributed by atoms with E-state index in [0.717, 1.165) is 22.9 Å². The van der Waals surface area contributed by atoms with Crippen LogP contribution in [0, 0.1) is 0 Å². The first-order valence-corrected chi connectivity index (χ1v) is 9.33. The molecular formula is C19H19F6N3O3. The number of carbonyl (C=O) groups is 1. The van der Waals surface area contributed by atoms with E-state index in [2.05, 4.69) is 10.4 Å². The molecule has 1 heterocycles. The maximum absolute atomic E-state index is 13.0. The molecule has 0 saturated heterocycles. The van der Waals surface area contributed by atoms with Crippen molar-refractivity contribution in [2.75, 3.05) is 0 Å². The maximum Gasteiger partial charge on any atom is 0.417 e. The molecule has 2 N–H and O–H groups in total. The number of hydrogen-bond acceptors (Lipinski definition) is 4. The highest BCUT2D eigenvalue weighted by Gasteiger charge is 2.61. The van der Waals surface area contributed by atoms with Crippen molar-refractivity contribution in [1.29, 1.82) is 0 Å². The van der Waals surface area contributed by atoms with Crippen LogP contribution in [0.25, 0.3) is 10.8 Å². The highest BCUT2D eigenvalue weighted by atomic mass is 19.4. The third kappa shape index (κ3) is 4.39. The molecule has 2 aromatic rings. The minimum Gasteiger partial charge on any atom is -0.380 e. The first kappa shape index (κ1) is 23.0. The van der Waals surface area contributed by atoms with Crippen molar-refractivity contribution < 1.29 is 36.2 Å². The van der Waals surface area contributed by atoms with E-state index in [-0.39, 0.29) is 22.4 Å². The standard InChI is InChI=1S/C19H19F6N3O3/c1-9(2)15-13-5-10(18(20,21)22)3-4-12(13)16(30)28(27-15)8-14(29)26-11-6-17(31,7-11)19(23,24)25/h3-5,9,11,31H,6-8H2,1-2H3,(H,26,29)/t11-,17+. The Bertz CT molecular complexity index is 1070. The van der Waals surface area contributed by atoms with E-state index < -0.39 is 60.4 Å². The van der Waals surface area contributed by atoms with Crippen molar-refractivity contribution >= 4 is 16.7 Å². The lowest BCUT2D eigenvalue weighted by molar-refractivity contribution is -0.291. The fourth-order valence-corrected chi connectivity index (χ4v) is 3.52. The number of aliphatic hydroxyl groups is 1. The summed E-state index contributed by atoms with van der Waals surface area (Å²) in [5.41, 5.74) is -4.43. The van der Waals surface area contributed by atoms with Crippen molar-refractivity contribution in [2.45, 2.75) is 63.1 Å². The number of halogens is 6. The number of alkyl halides is 6. The monoisotopic (exact) mass is 451 g/mol. The van der Waals surface area contributed by atoms with Gasteiger partial charge in [-0.2, -0.15) is 31.4 Å². The van der Waals surface area contributed by atoms with E-state index >= 15 is 0 Å². The average molecular weight is 451 g/mol. The molecule has 6 nitrogen and oxygen atoms in total. The molecule has 1 saturated carbocycles.